The smallest absolute Gasteiger partial charge is 0.217 e. The molecule has 3 rings (SSSR count). The number of pyridine rings is 1. The van der Waals surface area contributed by atoms with Crippen LogP contribution in [0.3, 0.4) is 0 Å². The lowest BCUT2D eigenvalue weighted by atomic mass is 9.93. The summed E-state index contributed by atoms with van der Waals surface area (Å²) in [6.07, 6.45) is 7.02. The van der Waals surface area contributed by atoms with Gasteiger partial charge in [-0.05, 0) is 49.3 Å². The minimum Gasteiger partial charge on any atom is -0.619 e. The standard InChI is InChI=1S/C17H20N2O3/c1-12(20)18-15-3-6-16(7-4-15)22-17-5-2-14-11-19(21)9-8-13(14)10-17/h2,5,8-11,15-16H,3-4,6-7H2,1H3,(H,18,20)/t15-,16+. The first-order valence-electron chi connectivity index (χ1n) is 7.66. The van der Waals surface area contributed by atoms with E-state index in [0.717, 1.165) is 46.9 Å². The third-order valence-electron chi connectivity index (χ3n) is 4.11. The zero-order valence-corrected chi connectivity index (χ0v) is 12.6. The quantitative estimate of drug-likeness (QED) is 0.698. The molecule has 1 saturated carbocycles. The van der Waals surface area contributed by atoms with Gasteiger partial charge in [0.2, 0.25) is 5.91 Å². The summed E-state index contributed by atoms with van der Waals surface area (Å²) in [7, 11) is 0. The maximum absolute atomic E-state index is 11.2. The lowest BCUT2D eigenvalue weighted by molar-refractivity contribution is -0.603. The van der Waals surface area contributed by atoms with Crippen molar-refractivity contribution in [2.45, 2.75) is 44.8 Å². The number of nitrogens with zero attached hydrogens (tertiary/aromatic N) is 1. The second-order valence-corrected chi connectivity index (χ2v) is 5.89. The van der Waals surface area contributed by atoms with E-state index in [4.69, 9.17) is 4.74 Å². The molecule has 116 valence electrons. The fourth-order valence-corrected chi connectivity index (χ4v) is 3.03. The number of nitrogens with one attached hydrogen (secondary N) is 1. The van der Waals surface area contributed by atoms with E-state index in [9.17, 15) is 10.0 Å². The first kappa shape index (κ1) is 14.6. The lowest BCUT2D eigenvalue weighted by Gasteiger charge is -2.29. The Morgan fingerprint density at radius 3 is 2.73 bits per heavy atom. The fourth-order valence-electron chi connectivity index (χ4n) is 3.03. The Morgan fingerprint density at radius 2 is 2.00 bits per heavy atom. The van der Waals surface area contributed by atoms with Gasteiger partial charge in [-0.1, -0.05) is 0 Å². The molecule has 1 N–H and O–H groups in total. The van der Waals surface area contributed by atoms with Crippen molar-refractivity contribution in [3.8, 4) is 5.75 Å². The molecule has 1 heterocycles. The number of benzene rings is 1. The van der Waals surface area contributed by atoms with Crippen molar-refractivity contribution in [3.05, 3.63) is 41.9 Å². The van der Waals surface area contributed by atoms with Crippen molar-refractivity contribution in [1.29, 1.82) is 0 Å². The Bertz CT molecular complexity index is 679. The van der Waals surface area contributed by atoms with Crippen molar-refractivity contribution < 1.29 is 14.3 Å². The van der Waals surface area contributed by atoms with Crippen LogP contribution in [0.5, 0.6) is 5.75 Å². The predicted molar refractivity (Wildman–Crippen MR) is 83.4 cm³/mol. The highest BCUT2D eigenvalue weighted by molar-refractivity contribution is 5.82. The van der Waals surface area contributed by atoms with Crippen LogP contribution in [0.25, 0.3) is 10.8 Å². The number of hydrogen-bond donors (Lipinski definition) is 1. The van der Waals surface area contributed by atoms with E-state index in [1.165, 1.54) is 6.20 Å². The molecule has 1 aromatic heterocycles. The molecule has 1 aromatic carbocycles. The monoisotopic (exact) mass is 300 g/mol. The van der Waals surface area contributed by atoms with Crippen molar-refractivity contribution in [2.75, 3.05) is 0 Å². The minimum atomic E-state index is 0.0366. The number of carbonyl (C=O) groups is 1. The number of carbonyl (C=O) groups excluding carboxylic acids is 1. The molecule has 0 radical (unpaired) electrons. The largest absolute Gasteiger partial charge is 0.619 e. The first-order valence-corrected chi connectivity index (χ1v) is 7.66. The third-order valence-corrected chi connectivity index (χ3v) is 4.11. The molecule has 0 saturated heterocycles. The molecule has 1 amide bonds. The SMILES string of the molecule is CC(=O)N[C@H]1CC[C@@H](Oc2ccc3c[n+]([O-])ccc3c2)CC1. The maximum atomic E-state index is 11.2. The number of hydrogen-bond acceptors (Lipinski definition) is 3. The van der Waals surface area contributed by atoms with Crippen LogP contribution in [0.2, 0.25) is 0 Å². The number of aromatic nitrogens is 1. The van der Waals surface area contributed by atoms with Gasteiger partial charge in [0.15, 0.2) is 12.4 Å². The van der Waals surface area contributed by atoms with Gasteiger partial charge in [0.1, 0.15) is 5.75 Å². The van der Waals surface area contributed by atoms with E-state index in [1.807, 2.05) is 18.2 Å². The molecule has 5 nitrogen and oxygen atoms in total. The van der Waals surface area contributed by atoms with Crippen molar-refractivity contribution >= 4 is 16.7 Å². The van der Waals surface area contributed by atoms with Gasteiger partial charge in [0, 0.05) is 24.4 Å². The Morgan fingerprint density at radius 1 is 1.23 bits per heavy atom. The molecule has 0 atom stereocenters. The molecule has 0 unspecified atom stereocenters. The van der Waals surface area contributed by atoms with Crippen LogP contribution >= 0.6 is 0 Å². The summed E-state index contributed by atoms with van der Waals surface area (Å²) in [6, 6.07) is 7.85. The van der Waals surface area contributed by atoms with Gasteiger partial charge >= 0.3 is 0 Å². The molecule has 0 spiro atoms. The van der Waals surface area contributed by atoms with Crippen molar-refractivity contribution in [1.82, 2.24) is 5.32 Å². The van der Waals surface area contributed by atoms with E-state index in [-0.39, 0.29) is 18.1 Å². The highest BCUT2D eigenvalue weighted by atomic mass is 16.5. The van der Waals surface area contributed by atoms with Crippen molar-refractivity contribution in [3.63, 3.8) is 0 Å². The Labute approximate surface area is 129 Å². The van der Waals surface area contributed by atoms with Crippen LogP contribution in [0.1, 0.15) is 32.6 Å². The summed E-state index contributed by atoms with van der Waals surface area (Å²) < 4.78 is 6.85. The van der Waals surface area contributed by atoms with Gasteiger partial charge in [-0.15, -0.1) is 0 Å². The maximum Gasteiger partial charge on any atom is 0.217 e. The summed E-state index contributed by atoms with van der Waals surface area (Å²) in [6.45, 7) is 1.56. The van der Waals surface area contributed by atoms with Crippen LogP contribution in [-0.2, 0) is 4.79 Å². The van der Waals surface area contributed by atoms with Gasteiger partial charge in [-0.2, -0.15) is 4.73 Å². The van der Waals surface area contributed by atoms with Crippen LogP contribution in [-0.4, -0.2) is 18.1 Å². The Kier molecular flexibility index (Phi) is 4.13. The average Bonchev–Trinajstić information content (AvgIpc) is 2.49. The number of fused-ring (bicyclic) bond motifs is 1. The van der Waals surface area contributed by atoms with Crippen LogP contribution in [0.4, 0.5) is 0 Å². The molecule has 1 aliphatic carbocycles. The van der Waals surface area contributed by atoms with Crippen LogP contribution in [0, 0.1) is 5.21 Å². The highest BCUT2D eigenvalue weighted by Crippen LogP contribution is 2.26. The summed E-state index contributed by atoms with van der Waals surface area (Å²) in [5.74, 6) is 0.869. The van der Waals surface area contributed by atoms with Crippen LogP contribution < -0.4 is 14.8 Å². The number of ether oxygens (including phenoxy) is 1. The highest BCUT2D eigenvalue weighted by Gasteiger charge is 2.22. The zero-order chi connectivity index (χ0) is 15.5. The normalized spacial score (nSPS) is 21.5. The molecular weight excluding hydrogens is 280 g/mol. The number of rotatable bonds is 3. The second kappa shape index (κ2) is 6.22. The minimum absolute atomic E-state index is 0.0366. The first-order chi connectivity index (χ1) is 10.6. The summed E-state index contributed by atoms with van der Waals surface area (Å²) in [4.78, 5) is 11.1. The van der Waals surface area contributed by atoms with Gasteiger partial charge in [-0.3, -0.25) is 4.79 Å². The molecule has 0 bridgehead atoms. The third kappa shape index (κ3) is 3.47. The lowest BCUT2D eigenvalue weighted by Crippen LogP contribution is -2.38. The molecule has 1 fully saturated rings. The average molecular weight is 300 g/mol. The Hall–Kier alpha value is -2.30. The summed E-state index contributed by atoms with van der Waals surface area (Å²) in [5, 5.41) is 16.1. The summed E-state index contributed by atoms with van der Waals surface area (Å²) in [5.41, 5.74) is 0. The molecule has 5 heteroatoms. The van der Waals surface area contributed by atoms with Gasteiger partial charge in [0.05, 0.1) is 6.10 Å². The van der Waals surface area contributed by atoms with Crippen molar-refractivity contribution in [2.24, 2.45) is 0 Å². The van der Waals surface area contributed by atoms with Gasteiger partial charge in [0.25, 0.3) is 0 Å². The molecule has 2 aromatic rings. The van der Waals surface area contributed by atoms with E-state index < -0.39 is 0 Å². The predicted octanol–water partition coefficient (Wildman–Crippen LogP) is 2.30. The van der Waals surface area contributed by atoms with Gasteiger partial charge in [-0.25, -0.2) is 0 Å². The fraction of sp³-hybridized carbons (Fsp3) is 0.412. The van der Waals surface area contributed by atoms with E-state index in [0.29, 0.717) is 0 Å². The summed E-state index contributed by atoms with van der Waals surface area (Å²) >= 11 is 0. The topological polar surface area (TPSA) is 65.3 Å². The Balaban J connectivity index is 1.62. The zero-order valence-electron chi connectivity index (χ0n) is 12.6. The molecule has 22 heavy (non-hydrogen) atoms. The second-order valence-electron chi connectivity index (χ2n) is 5.89. The van der Waals surface area contributed by atoms with Crippen LogP contribution in [0.15, 0.2) is 36.7 Å². The van der Waals surface area contributed by atoms with E-state index in [1.54, 1.807) is 19.2 Å². The molecule has 1 aliphatic rings. The van der Waals surface area contributed by atoms with E-state index >= 15 is 0 Å². The molecule has 0 aliphatic heterocycles. The van der Waals surface area contributed by atoms with E-state index in [2.05, 4.69) is 5.32 Å². The number of amides is 1. The van der Waals surface area contributed by atoms with Gasteiger partial charge < -0.3 is 15.3 Å². The molecular formula is C17H20N2O3.